The zero-order valence-corrected chi connectivity index (χ0v) is 20.0. The highest BCUT2D eigenvalue weighted by atomic mass is 32.2. The largest absolute Gasteiger partial charge is 0.354 e. The lowest BCUT2D eigenvalue weighted by atomic mass is 10.1. The van der Waals surface area contributed by atoms with Crippen molar-refractivity contribution >= 4 is 32.4 Å². The van der Waals surface area contributed by atoms with Crippen molar-refractivity contribution < 1.29 is 8.42 Å². The molecule has 2 aromatic carbocycles. The van der Waals surface area contributed by atoms with Gasteiger partial charge in [0.2, 0.25) is 10.0 Å². The van der Waals surface area contributed by atoms with Crippen LogP contribution in [0.15, 0.2) is 53.4 Å². The van der Waals surface area contributed by atoms with Gasteiger partial charge in [-0.25, -0.2) is 18.4 Å². The van der Waals surface area contributed by atoms with Crippen LogP contribution in [0.5, 0.6) is 0 Å². The van der Waals surface area contributed by atoms with Crippen LogP contribution in [-0.4, -0.2) is 87.0 Å². The molecule has 0 atom stereocenters. The van der Waals surface area contributed by atoms with Gasteiger partial charge < -0.3 is 14.7 Å². The van der Waals surface area contributed by atoms with E-state index in [-0.39, 0.29) is 0 Å². The number of hydrogen-bond donors (Lipinski definition) is 0. The highest BCUT2D eigenvalue weighted by Crippen LogP contribution is 2.25. The Labute approximate surface area is 195 Å². The number of rotatable bonds is 4. The van der Waals surface area contributed by atoms with E-state index in [1.165, 1.54) is 0 Å². The molecule has 0 saturated carbocycles. The molecule has 2 saturated heterocycles. The molecule has 33 heavy (non-hydrogen) atoms. The maximum absolute atomic E-state index is 13.3. The molecule has 2 aliphatic heterocycles. The van der Waals surface area contributed by atoms with Gasteiger partial charge in [0, 0.05) is 58.4 Å². The Kier molecular flexibility index (Phi) is 5.94. The smallest absolute Gasteiger partial charge is 0.243 e. The number of aryl methyl sites for hydroxylation is 1. The third kappa shape index (κ3) is 4.53. The third-order valence-electron chi connectivity index (χ3n) is 6.56. The lowest BCUT2D eigenvalue weighted by Gasteiger charge is -2.36. The Morgan fingerprint density at radius 3 is 1.94 bits per heavy atom. The second-order valence-corrected chi connectivity index (χ2v) is 10.8. The predicted molar refractivity (Wildman–Crippen MR) is 131 cm³/mol. The fourth-order valence-electron chi connectivity index (χ4n) is 4.53. The molecule has 2 aliphatic rings. The van der Waals surface area contributed by atoms with Crippen molar-refractivity contribution in [1.82, 2.24) is 19.2 Å². The molecule has 0 bridgehead atoms. The van der Waals surface area contributed by atoms with Crippen LogP contribution in [0.2, 0.25) is 0 Å². The predicted octanol–water partition coefficient (Wildman–Crippen LogP) is 2.20. The maximum atomic E-state index is 13.3. The lowest BCUT2D eigenvalue weighted by molar-refractivity contribution is 0.312. The summed E-state index contributed by atoms with van der Waals surface area (Å²) in [5, 5.41) is 1.97. The fraction of sp³-hybridized carbons (Fsp3) is 0.417. The van der Waals surface area contributed by atoms with Crippen LogP contribution in [0.1, 0.15) is 5.82 Å². The topological polar surface area (TPSA) is 72.9 Å². The molecule has 174 valence electrons. The van der Waals surface area contributed by atoms with E-state index in [1.807, 2.05) is 43.3 Å². The van der Waals surface area contributed by atoms with Crippen LogP contribution >= 0.6 is 0 Å². The van der Waals surface area contributed by atoms with Gasteiger partial charge in [0.25, 0.3) is 0 Å². The Bertz CT molecular complexity index is 1250. The summed E-state index contributed by atoms with van der Waals surface area (Å²) in [5.41, 5.74) is 0. The molecule has 5 rings (SSSR count). The molecule has 9 heteroatoms. The third-order valence-corrected chi connectivity index (χ3v) is 8.45. The van der Waals surface area contributed by atoms with Crippen LogP contribution in [0, 0.1) is 6.92 Å². The van der Waals surface area contributed by atoms with Crippen molar-refractivity contribution in [3.8, 4) is 0 Å². The van der Waals surface area contributed by atoms with Crippen molar-refractivity contribution in [2.24, 2.45) is 0 Å². The van der Waals surface area contributed by atoms with Crippen molar-refractivity contribution in [1.29, 1.82) is 0 Å². The van der Waals surface area contributed by atoms with Gasteiger partial charge >= 0.3 is 0 Å². The van der Waals surface area contributed by atoms with Crippen LogP contribution in [0.3, 0.4) is 0 Å². The van der Waals surface area contributed by atoms with Crippen molar-refractivity contribution in [2.75, 3.05) is 69.2 Å². The first-order chi connectivity index (χ1) is 15.9. The summed E-state index contributed by atoms with van der Waals surface area (Å²) in [6, 6.07) is 15.2. The first-order valence-corrected chi connectivity index (χ1v) is 12.9. The van der Waals surface area contributed by atoms with Crippen LogP contribution < -0.4 is 9.80 Å². The number of nitrogens with zero attached hydrogens (tertiary/aromatic N) is 6. The molecular weight excluding hydrogens is 436 g/mol. The standard InChI is InChI=1S/C24H30N6O2S/c1-19-25-23(28-11-9-27(2)10-12-28)18-24(26-19)29-13-15-30(16-14-29)33(31,32)22-8-7-20-5-3-4-6-21(20)17-22/h3-8,17-18H,9-16H2,1-2H3. The maximum Gasteiger partial charge on any atom is 0.243 e. The Hall–Kier alpha value is -2.75. The number of likely N-dealkylation sites (N-methyl/N-ethyl adjacent to an activating group) is 1. The molecule has 0 unspecified atom stereocenters. The Morgan fingerprint density at radius 2 is 1.30 bits per heavy atom. The Balaban J connectivity index is 1.30. The van der Waals surface area contributed by atoms with E-state index in [9.17, 15) is 8.42 Å². The van der Waals surface area contributed by atoms with Crippen molar-refractivity contribution in [2.45, 2.75) is 11.8 Å². The van der Waals surface area contributed by atoms with E-state index in [1.54, 1.807) is 16.4 Å². The van der Waals surface area contributed by atoms with Gasteiger partial charge in [-0.15, -0.1) is 0 Å². The second kappa shape index (κ2) is 8.89. The summed E-state index contributed by atoms with van der Waals surface area (Å²) in [6.07, 6.45) is 0. The zero-order valence-electron chi connectivity index (χ0n) is 19.2. The summed E-state index contributed by atoms with van der Waals surface area (Å²) in [5.74, 6) is 2.57. The minimum Gasteiger partial charge on any atom is -0.354 e. The molecule has 0 aliphatic carbocycles. The number of anilines is 2. The zero-order chi connectivity index (χ0) is 23.0. The summed E-state index contributed by atoms with van der Waals surface area (Å²) in [7, 11) is -1.40. The van der Waals surface area contributed by atoms with Gasteiger partial charge in [-0.1, -0.05) is 30.3 Å². The molecule has 0 radical (unpaired) electrons. The molecule has 1 aromatic heterocycles. The number of fused-ring (bicyclic) bond motifs is 1. The molecule has 3 heterocycles. The van der Waals surface area contributed by atoms with E-state index >= 15 is 0 Å². The number of benzene rings is 2. The van der Waals surface area contributed by atoms with E-state index < -0.39 is 10.0 Å². The fourth-order valence-corrected chi connectivity index (χ4v) is 5.99. The van der Waals surface area contributed by atoms with Gasteiger partial charge in [0.05, 0.1) is 4.90 Å². The van der Waals surface area contributed by atoms with Crippen LogP contribution in [0.4, 0.5) is 11.6 Å². The van der Waals surface area contributed by atoms with Gasteiger partial charge in [0.1, 0.15) is 17.5 Å². The minimum absolute atomic E-state index is 0.352. The van der Waals surface area contributed by atoms with Crippen molar-refractivity contribution in [3.63, 3.8) is 0 Å². The molecular formula is C24H30N6O2S. The van der Waals surface area contributed by atoms with E-state index in [4.69, 9.17) is 0 Å². The number of piperazine rings is 2. The quantitative estimate of drug-likeness (QED) is 0.584. The molecule has 0 spiro atoms. The normalized spacial score (nSPS) is 18.7. The minimum atomic E-state index is -3.54. The average Bonchev–Trinajstić information content (AvgIpc) is 2.84. The average molecular weight is 467 g/mol. The van der Waals surface area contributed by atoms with E-state index in [0.29, 0.717) is 31.1 Å². The van der Waals surface area contributed by atoms with E-state index in [2.05, 4.69) is 31.7 Å². The first kappa shape index (κ1) is 22.1. The number of aromatic nitrogens is 2. The van der Waals surface area contributed by atoms with Gasteiger partial charge in [-0.05, 0) is 36.9 Å². The SMILES string of the molecule is Cc1nc(N2CCN(C)CC2)cc(N2CCN(S(=O)(=O)c3ccc4ccccc4c3)CC2)n1. The molecule has 0 N–H and O–H groups in total. The first-order valence-electron chi connectivity index (χ1n) is 11.4. The monoisotopic (exact) mass is 466 g/mol. The molecule has 3 aromatic rings. The molecule has 8 nitrogen and oxygen atoms in total. The van der Waals surface area contributed by atoms with Crippen LogP contribution in [0.25, 0.3) is 10.8 Å². The van der Waals surface area contributed by atoms with Gasteiger partial charge in [0.15, 0.2) is 0 Å². The van der Waals surface area contributed by atoms with Crippen molar-refractivity contribution in [3.05, 3.63) is 54.4 Å². The molecule has 2 fully saturated rings. The number of hydrogen-bond acceptors (Lipinski definition) is 7. The van der Waals surface area contributed by atoms with Gasteiger partial charge in [-0.2, -0.15) is 4.31 Å². The summed E-state index contributed by atoms with van der Waals surface area (Å²) >= 11 is 0. The lowest BCUT2D eigenvalue weighted by Crippen LogP contribution is -2.49. The second-order valence-electron chi connectivity index (χ2n) is 8.82. The van der Waals surface area contributed by atoms with E-state index in [0.717, 1.165) is 54.4 Å². The summed E-state index contributed by atoms with van der Waals surface area (Å²) in [4.78, 5) is 16.5. The highest BCUT2D eigenvalue weighted by Gasteiger charge is 2.29. The van der Waals surface area contributed by atoms with Gasteiger partial charge in [-0.3, -0.25) is 0 Å². The summed E-state index contributed by atoms with van der Waals surface area (Å²) in [6.45, 7) is 7.92. The molecule has 0 amide bonds. The highest BCUT2D eigenvalue weighted by molar-refractivity contribution is 7.89. The Morgan fingerprint density at radius 1 is 0.727 bits per heavy atom. The summed E-state index contributed by atoms with van der Waals surface area (Å²) < 4.78 is 28.2. The van der Waals surface area contributed by atoms with Crippen LogP contribution in [-0.2, 0) is 10.0 Å². The number of sulfonamides is 1.